The fourth-order valence-corrected chi connectivity index (χ4v) is 3.61. The molecule has 1 aliphatic heterocycles. The Morgan fingerprint density at radius 3 is 2.35 bits per heavy atom. The number of piperazine rings is 1. The summed E-state index contributed by atoms with van der Waals surface area (Å²) in [6.07, 6.45) is -0.661. The molecule has 3 rings (SSSR count). The molecule has 1 atom stereocenters. The summed E-state index contributed by atoms with van der Waals surface area (Å²) in [5, 5.41) is 12.2. The summed E-state index contributed by atoms with van der Waals surface area (Å²) in [6, 6.07) is 17.5. The highest BCUT2D eigenvalue weighted by atomic mass is 16.5. The van der Waals surface area contributed by atoms with Crippen molar-refractivity contribution in [2.45, 2.75) is 33.0 Å². The second kappa shape index (κ2) is 10.9. The maximum atomic E-state index is 12.8. The number of likely N-dealkylation sites (N-methyl/N-ethyl adjacent to an activating group) is 1. The summed E-state index contributed by atoms with van der Waals surface area (Å²) in [4.78, 5) is 17.6. The monoisotopic (exact) mass is 420 g/mol. The number of amides is 1. The molecule has 0 spiro atoms. The lowest BCUT2D eigenvalue weighted by Gasteiger charge is -2.32. The fraction of sp³-hybridized carbons (Fsp3) is 0.440. The minimum absolute atomic E-state index is 0.0299. The zero-order valence-electron chi connectivity index (χ0n) is 18.7. The van der Waals surface area contributed by atoms with Crippen LogP contribution in [0, 0.1) is 17.2 Å². The number of nitriles is 1. The van der Waals surface area contributed by atoms with Crippen LogP contribution in [0.25, 0.3) is 0 Å². The second-order valence-corrected chi connectivity index (χ2v) is 8.50. The van der Waals surface area contributed by atoms with Crippen molar-refractivity contribution in [2.75, 3.05) is 33.2 Å². The number of para-hydroxylation sites is 1. The van der Waals surface area contributed by atoms with Crippen molar-refractivity contribution in [3.63, 3.8) is 0 Å². The molecule has 0 radical (unpaired) electrons. The summed E-state index contributed by atoms with van der Waals surface area (Å²) in [5.74, 6) is 0.231. The zero-order chi connectivity index (χ0) is 22.2. The van der Waals surface area contributed by atoms with E-state index in [1.807, 2.05) is 13.8 Å². The molecule has 1 heterocycles. The molecule has 1 amide bonds. The third-order valence-electron chi connectivity index (χ3n) is 5.62. The Bertz CT molecular complexity index is 896. The van der Waals surface area contributed by atoms with Crippen molar-refractivity contribution < 1.29 is 9.53 Å². The number of rotatable bonds is 8. The third-order valence-corrected chi connectivity index (χ3v) is 5.62. The lowest BCUT2D eigenvalue weighted by atomic mass is 10.1. The van der Waals surface area contributed by atoms with Crippen molar-refractivity contribution in [1.29, 1.82) is 5.26 Å². The molecule has 0 aromatic heterocycles. The summed E-state index contributed by atoms with van der Waals surface area (Å²) in [5.41, 5.74) is 2.77. The quantitative estimate of drug-likeness (QED) is 0.711. The SMILES string of the molecule is CC(C)C(Oc1ccccc1C#N)C(=O)NCc1ccc(CN2CCN(C)CC2)cc1. The van der Waals surface area contributed by atoms with Gasteiger partial charge >= 0.3 is 0 Å². The Morgan fingerprint density at radius 2 is 1.71 bits per heavy atom. The first-order valence-electron chi connectivity index (χ1n) is 10.9. The van der Waals surface area contributed by atoms with Gasteiger partial charge in [0.25, 0.3) is 5.91 Å². The van der Waals surface area contributed by atoms with Gasteiger partial charge in [0.05, 0.1) is 5.56 Å². The number of hydrogen-bond donors (Lipinski definition) is 1. The summed E-state index contributed by atoms with van der Waals surface area (Å²) in [7, 11) is 2.16. The average Bonchev–Trinajstić information content (AvgIpc) is 2.78. The Labute approximate surface area is 185 Å². The topological polar surface area (TPSA) is 68.6 Å². The minimum atomic E-state index is -0.661. The van der Waals surface area contributed by atoms with Gasteiger partial charge in [0.15, 0.2) is 6.10 Å². The molecule has 164 valence electrons. The van der Waals surface area contributed by atoms with Crippen LogP contribution < -0.4 is 10.1 Å². The molecule has 1 unspecified atom stereocenters. The Kier molecular flexibility index (Phi) is 8.05. The van der Waals surface area contributed by atoms with Gasteiger partial charge in [-0.15, -0.1) is 0 Å². The predicted octanol–water partition coefficient (Wildman–Crippen LogP) is 3.03. The van der Waals surface area contributed by atoms with Crippen LogP contribution in [0.4, 0.5) is 0 Å². The molecule has 6 nitrogen and oxygen atoms in total. The summed E-state index contributed by atoms with van der Waals surface area (Å²) < 4.78 is 5.92. The van der Waals surface area contributed by atoms with Gasteiger partial charge in [-0.25, -0.2) is 0 Å². The van der Waals surface area contributed by atoms with E-state index in [9.17, 15) is 10.1 Å². The standard InChI is InChI=1S/C25H32N4O2/c1-19(2)24(31-23-7-5-4-6-22(23)16-26)25(30)27-17-20-8-10-21(11-9-20)18-29-14-12-28(3)13-15-29/h4-11,19,24H,12-15,17-18H2,1-3H3,(H,27,30). The van der Waals surface area contributed by atoms with Crippen LogP contribution in [0.5, 0.6) is 5.75 Å². The van der Waals surface area contributed by atoms with Crippen LogP contribution in [-0.4, -0.2) is 55.0 Å². The molecule has 1 fully saturated rings. The molecule has 31 heavy (non-hydrogen) atoms. The Morgan fingerprint density at radius 1 is 1.06 bits per heavy atom. The first-order chi connectivity index (χ1) is 15.0. The molecule has 0 saturated carbocycles. The van der Waals surface area contributed by atoms with Crippen molar-refractivity contribution in [3.8, 4) is 11.8 Å². The van der Waals surface area contributed by atoms with Crippen molar-refractivity contribution >= 4 is 5.91 Å². The molecule has 6 heteroatoms. The van der Waals surface area contributed by atoms with Gasteiger partial charge in [-0.05, 0) is 36.2 Å². The van der Waals surface area contributed by atoms with Gasteiger partial charge in [0.2, 0.25) is 0 Å². The number of nitrogens with zero attached hydrogens (tertiary/aromatic N) is 3. The van der Waals surface area contributed by atoms with Gasteiger partial charge in [-0.1, -0.05) is 50.2 Å². The molecule has 2 aromatic rings. The van der Waals surface area contributed by atoms with Gasteiger partial charge in [-0.2, -0.15) is 5.26 Å². The molecule has 2 aromatic carbocycles. The van der Waals surface area contributed by atoms with E-state index in [-0.39, 0.29) is 11.8 Å². The number of carbonyl (C=O) groups is 1. The zero-order valence-corrected chi connectivity index (χ0v) is 18.7. The van der Waals surface area contributed by atoms with E-state index in [2.05, 4.69) is 52.5 Å². The van der Waals surface area contributed by atoms with E-state index in [1.165, 1.54) is 5.56 Å². The summed E-state index contributed by atoms with van der Waals surface area (Å²) >= 11 is 0. The number of hydrogen-bond acceptors (Lipinski definition) is 5. The first kappa shape index (κ1) is 22.8. The molecule has 1 saturated heterocycles. The van der Waals surface area contributed by atoms with Crippen LogP contribution in [0.1, 0.15) is 30.5 Å². The van der Waals surface area contributed by atoms with Crippen molar-refractivity contribution in [2.24, 2.45) is 5.92 Å². The largest absolute Gasteiger partial charge is 0.479 e. The minimum Gasteiger partial charge on any atom is -0.479 e. The van der Waals surface area contributed by atoms with Crippen molar-refractivity contribution in [3.05, 3.63) is 65.2 Å². The van der Waals surface area contributed by atoms with E-state index in [0.29, 0.717) is 17.9 Å². The van der Waals surface area contributed by atoms with Gasteiger partial charge in [0, 0.05) is 39.3 Å². The molecular weight excluding hydrogens is 388 g/mol. The molecule has 1 N–H and O–H groups in total. The Hall–Kier alpha value is -2.88. The van der Waals surface area contributed by atoms with Crippen molar-refractivity contribution in [1.82, 2.24) is 15.1 Å². The molecule has 0 aliphatic carbocycles. The average molecular weight is 421 g/mol. The summed E-state index contributed by atoms with van der Waals surface area (Å²) in [6.45, 7) is 9.70. The maximum absolute atomic E-state index is 12.8. The Balaban J connectivity index is 1.54. The van der Waals surface area contributed by atoms with Crippen LogP contribution in [0.3, 0.4) is 0 Å². The number of carbonyl (C=O) groups excluding carboxylic acids is 1. The lowest BCUT2D eigenvalue weighted by molar-refractivity contribution is -0.130. The van der Waals surface area contributed by atoms with Crippen LogP contribution in [0.2, 0.25) is 0 Å². The predicted molar refractivity (Wildman–Crippen MR) is 121 cm³/mol. The number of benzene rings is 2. The highest BCUT2D eigenvalue weighted by Crippen LogP contribution is 2.21. The van der Waals surface area contributed by atoms with E-state index in [4.69, 9.17) is 4.74 Å². The first-order valence-corrected chi connectivity index (χ1v) is 10.9. The third kappa shape index (κ3) is 6.55. The van der Waals surface area contributed by atoms with E-state index >= 15 is 0 Å². The number of ether oxygens (including phenoxy) is 1. The van der Waals surface area contributed by atoms with E-state index < -0.39 is 6.10 Å². The van der Waals surface area contributed by atoms with Crippen LogP contribution in [0.15, 0.2) is 48.5 Å². The van der Waals surface area contributed by atoms with Crippen LogP contribution in [-0.2, 0) is 17.9 Å². The highest BCUT2D eigenvalue weighted by molar-refractivity contribution is 5.81. The molecule has 1 aliphatic rings. The van der Waals surface area contributed by atoms with Gasteiger partial charge in [-0.3, -0.25) is 9.69 Å². The second-order valence-electron chi connectivity index (χ2n) is 8.50. The smallest absolute Gasteiger partial charge is 0.261 e. The maximum Gasteiger partial charge on any atom is 0.261 e. The van der Waals surface area contributed by atoms with E-state index in [0.717, 1.165) is 38.3 Å². The molecular formula is C25H32N4O2. The van der Waals surface area contributed by atoms with Gasteiger partial charge in [0.1, 0.15) is 11.8 Å². The lowest BCUT2D eigenvalue weighted by Crippen LogP contribution is -2.43. The molecule has 0 bridgehead atoms. The normalized spacial score (nSPS) is 16.0. The number of nitrogens with one attached hydrogen (secondary N) is 1. The highest BCUT2D eigenvalue weighted by Gasteiger charge is 2.25. The fourth-order valence-electron chi connectivity index (χ4n) is 3.61. The van der Waals surface area contributed by atoms with E-state index in [1.54, 1.807) is 24.3 Å². The van der Waals surface area contributed by atoms with Crippen LogP contribution >= 0.6 is 0 Å². The van der Waals surface area contributed by atoms with Gasteiger partial charge < -0.3 is 15.0 Å².